The summed E-state index contributed by atoms with van der Waals surface area (Å²) < 4.78 is 7.27. The Kier molecular flexibility index (Phi) is 5.12. The number of aromatic nitrogens is 2. The summed E-state index contributed by atoms with van der Waals surface area (Å²) in [5, 5.41) is 16.2. The lowest BCUT2D eigenvalue weighted by Crippen LogP contribution is -2.22. The van der Waals surface area contributed by atoms with Crippen LogP contribution in [0.3, 0.4) is 0 Å². The Morgan fingerprint density at radius 3 is 2.59 bits per heavy atom. The van der Waals surface area contributed by atoms with Crippen LogP contribution in [0, 0.1) is 20.8 Å². The maximum absolute atomic E-state index is 12.4. The standard InChI is InChI=1S/C20H21N3O4/c1-12-7-13(2)23(22-12)11-15-5-4-6-16(8-15)19(24)21-10-17-9-18(20(25)26)14(3)27-17/h4-9H,10-11H2,1-3H3,(H,21,24)(H,25,26). The predicted molar refractivity (Wildman–Crippen MR) is 98.8 cm³/mol. The average Bonchev–Trinajstić information content (AvgIpc) is 3.14. The number of hydrogen-bond acceptors (Lipinski definition) is 4. The maximum Gasteiger partial charge on any atom is 0.339 e. The third-order valence-electron chi connectivity index (χ3n) is 4.25. The van der Waals surface area contributed by atoms with Gasteiger partial charge >= 0.3 is 5.97 Å². The van der Waals surface area contributed by atoms with Gasteiger partial charge in [0.25, 0.3) is 5.91 Å². The van der Waals surface area contributed by atoms with Gasteiger partial charge in [-0.2, -0.15) is 5.10 Å². The molecule has 2 aromatic heterocycles. The normalized spacial score (nSPS) is 10.8. The molecule has 140 valence electrons. The molecular formula is C20H21N3O4. The number of aromatic carboxylic acids is 1. The SMILES string of the molecule is Cc1cc(C)n(Cc2cccc(C(=O)NCc3cc(C(=O)O)c(C)o3)c2)n1. The van der Waals surface area contributed by atoms with E-state index in [1.54, 1.807) is 13.0 Å². The van der Waals surface area contributed by atoms with E-state index >= 15 is 0 Å². The van der Waals surface area contributed by atoms with E-state index in [1.807, 2.05) is 42.8 Å². The average molecular weight is 367 g/mol. The van der Waals surface area contributed by atoms with Crippen molar-refractivity contribution in [3.63, 3.8) is 0 Å². The van der Waals surface area contributed by atoms with E-state index in [2.05, 4.69) is 10.4 Å². The van der Waals surface area contributed by atoms with Gasteiger partial charge in [-0.3, -0.25) is 9.48 Å². The number of amides is 1. The summed E-state index contributed by atoms with van der Waals surface area (Å²) >= 11 is 0. The number of carbonyl (C=O) groups excluding carboxylic acids is 1. The van der Waals surface area contributed by atoms with E-state index < -0.39 is 5.97 Å². The fourth-order valence-corrected chi connectivity index (χ4v) is 2.93. The molecule has 0 saturated heterocycles. The highest BCUT2D eigenvalue weighted by molar-refractivity contribution is 5.94. The van der Waals surface area contributed by atoms with Gasteiger partial charge in [0, 0.05) is 11.3 Å². The molecule has 0 bridgehead atoms. The number of hydrogen-bond donors (Lipinski definition) is 2. The number of carboxylic acid groups (broad SMARTS) is 1. The van der Waals surface area contributed by atoms with Gasteiger partial charge in [0.15, 0.2) is 0 Å². The van der Waals surface area contributed by atoms with Crippen molar-refractivity contribution < 1.29 is 19.1 Å². The first-order valence-electron chi connectivity index (χ1n) is 8.54. The Balaban J connectivity index is 1.67. The fourth-order valence-electron chi connectivity index (χ4n) is 2.93. The van der Waals surface area contributed by atoms with E-state index in [1.165, 1.54) is 6.07 Å². The van der Waals surface area contributed by atoms with Crippen LogP contribution in [-0.2, 0) is 13.1 Å². The van der Waals surface area contributed by atoms with Gasteiger partial charge in [-0.25, -0.2) is 4.79 Å². The first-order valence-corrected chi connectivity index (χ1v) is 8.54. The Hall–Kier alpha value is -3.35. The van der Waals surface area contributed by atoms with E-state index in [0.29, 0.717) is 23.6 Å². The van der Waals surface area contributed by atoms with Crippen molar-refractivity contribution in [3.8, 4) is 0 Å². The zero-order chi connectivity index (χ0) is 19.6. The molecule has 0 aliphatic heterocycles. The zero-order valence-corrected chi connectivity index (χ0v) is 15.4. The van der Waals surface area contributed by atoms with Gasteiger partial charge in [0.05, 0.1) is 18.8 Å². The lowest BCUT2D eigenvalue weighted by molar-refractivity contribution is 0.0694. The molecule has 1 aromatic carbocycles. The zero-order valence-electron chi connectivity index (χ0n) is 15.4. The van der Waals surface area contributed by atoms with Gasteiger partial charge < -0.3 is 14.8 Å². The molecule has 1 amide bonds. The number of nitrogens with one attached hydrogen (secondary N) is 1. The van der Waals surface area contributed by atoms with Crippen molar-refractivity contribution >= 4 is 11.9 Å². The molecule has 0 saturated carbocycles. The summed E-state index contributed by atoms with van der Waals surface area (Å²) in [5.74, 6) is -0.586. The molecule has 0 atom stereocenters. The molecule has 3 aromatic rings. The minimum Gasteiger partial charge on any atom is -0.478 e. The smallest absolute Gasteiger partial charge is 0.339 e. The van der Waals surface area contributed by atoms with Crippen LogP contribution in [0.2, 0.25) is 0 Å². The second-order valence-corrected chi connectivity index (χ2v) is 6.46. The minimum absolute atomic E-state index is 0.103. The van der Waals surface area contributed by atoms with E-state index in [0.717, 1.165) is 17.0 Å². The second kappa shape index (κ2) is 7.49. The van der Waals surface area contributed by atoms with E-state index in [4.69, 9.17) is 9.52 Å². The number of carbonyl (C=O) groups is 2. The van der Waals surface area contributed by atoms with Crippen LogP contribution < -0.4 is 5.32 Å². The van der Waals surface area contributed by atoms with Crippen molar-refractivity contribution in [2.75, 3.05) is 0 Å². The first kappa shape index (κ1) is 18.4. The predicted octanol–water partition coefficient (Wildman–Crippen LogP) is 3.08. The Morgan fingerprint density at radius 2 is 1.96 bits per heavy atom. The lowest BCUT2D eigenvalue weighted by atomic mass is 10.1. The van der Waals surface area contributed by atoms with Crippen molar-refractivity contribution in [2.24, 2.45) is 0 Å². The molecule has 0 fully saturated rings. The molecule has 3 rings (SSSR count). The molecule has 7 nitrogen and oxygen atoms in total. The Bertz CT molecular complexity index is 1000. The number of nitrogens with zero attached hydrogens (tertiary/aromatic N) is 2. The third kappa shape index (κ3) is 4.25. The van der Waals surface area contributed by atoms with Crippen LogP contribution >= 0.6 is 0 Å². The largest absolute Gasteiger partial charge is 0.478 e. The summed E-state index contributed by atoms with van der Waals surface area (Å²) in [5.41, 5.74) is 3.61. The molecule has 0 aliphatic rings. The molecular weight excluding hydrogens is 346 g/mol. The number of carboxylic acids is 1. The molecule has 0 unspecified atom stereocenters. The van der Waals surface area contributed by atoms with Crippen molar-refractivity contribution in [1.29, 1.82) is 0 Å². The third-order valence-corrected chi connectivity index (χ3v) is 4.25. The van der Waals surface area contributed by atoms with Crippen LogP contribution in [0.5, 0.6) is 0 Å². The molecule has 2 heterocycles. The summed E-state index contributed by atoms with van der Waals surface area (Å²) in [6, 6.07) is 10.8. The fraction of sp³-hybridized carbons (Fsp3) is 0.250. The van der Waals surface area contributed by atoms with Gasteiger partial charge in [0.2, 0.25) is 0 Å². The first-order chi connectivity index (χ1) is 12.8. The van der Waals surface area contributed by atoms with E-state index in [-0.39, 0.29) is 18.0 Å². The maximum atomic E-state index is 12.4. The monoisotopic (exact) mass is 367 g/mol. The topological polar surface area (TPSA) is 97.4 Å². The summed E-state index contributed by atoms with van der Waals surface area (Å²) in [6.07, 6.45) is 0. The Labute approximate surface area is 156 Å². The number of furan rings is 1. The molecule has 0 spiro atoms. The molecule has 7 heteroatoms. The van der Waals surface area contributed by atoms with Gasteiger partial charge in [-0.1, -0.05) is 12.1 Å². The quantitative estimate of drug-likeness (QED) is 0.698. The summed E-state index contributed by atoms with van der Waals surface area (Å²) in [4.78, 5) is 23.5. The van der Waals surface area contributed by atoms with E-state index in [9.17, 15) is 9.59 Å². The molecule has 27 heavy (non-hydrogen) atoms. The number of benzene rings is 1. The van der Waals surface area contributed by atoms with Crippen molar-refractivity contribution in [3.05, 3.63) is 76.0 Å². The highest BCUT2D eigenvalue weighted by atomic mass is 16.4. The van der Waals surface area contributed by atoms with Crippen LogP contribution in [-0.4, -0.2) is 26.8 Å². The minimum atomic E-state index is -1.05. The molecule has 0 radical (unpaired) electrons. The summed E-state index contributed by atoms with van der Waals surface area (Å²) in [7, 11) is 0. The van der Waals surface area contributed by atoms with Crippen molar-refractivity contribution in [1.82, 2.24) is 15.1 Å². The second-order valence-electron chi connectivity index (χ2n) is 6.46. The van der Waals surface area contributed by atoms with Gasteiger partial charge in [-0.05, 0) is 50.6 Å². The highest BCUT2D eigenvalue weighted by Gasteiger charge is 2.14. The summed E-state index contributed by atoms with van der Waals surface area (Å²) in [6.45, 7) is 6.22. The molecule has 0 aliphatic carbocycles. The highest BCUT2D eigenvalue weighted by Crippen LogP contribution is 2.15. The van der Waals surface area contributed by atoms with Crippen LogP contribution in [0.15, 0.2) is 40.8 Å². The Morgan fingerprint density at radius 1 is 1.19 bits per heavy atom. The lowest BCUT2D eigenvalue weighted by Gasteiger charge is -2.08. The van der Waals surface area contributed by atoms with Crippen molar-refractivity contribution in [2.45, 2.75) is 33.9 Å². The van der Waals surface area contributed by atoms with Gasteiger partial charge in [-0.15, -0.1) is 0 Å². The molecule has 2 N–H and O–H groups in total. The van der Waals surface area contributed by atoms with Crippen LogP contribution in [0.1, 0.15) is 49.2 Å². The van der Waals surface area contributed by atoms with Gasteiger partial charge in [0.1, 0.15) is 17.1 Å². The number of aryl methyl sites for hydroxylation is 3. The van der Waals surface area contributed by atoms with Crippen LogP contribution in [0.25, 0.3) is 0 Å². The number of rotatable bonds is 6. The van der Waals surface area contributed by atoms with Crippen LogP contribution in [0.4, 0.5) is 0 Å².